The van der Waals surface area contributed by atoms with E-state index in [1.807, 2.05) is 0 Å². The molecule has 0 spiro atoms. The standard InChI is InChI=1S/C9H10F2O/c1-6(12-2)8-5-7(10)3-4-9(8)11/h3-6H,1-2H3/t6-/m1/s1. The number of hydrogen-bond acceptors (Lipinski definition) is 1. The van der Waals surface area contributed by atoms with Gasteiger partial charge in [0.05, 0.1) is 6.10 Å². The van der Waals surface area contributed by atoms with Gasteiger partial charge in [-0.15, -0.1) is 0 Å². The predicted octanol–water partition coefficient (Wildman–Crippen LogP) is 2.67. The largest absolute Gasteiger partial charge is 0.377 e. The molecule has 1 aromatic carbocycles. The molecule has 0 aliphatic carbocycles. The van der Waals surface area contributed by atoms with Crippen LogP contribution in [0, 0.1) is 11.6 Å². The summed E-state index contributed by atoms with van der Waals surface area (Å²) in [5, 5.41) is 0. The fourth-order valence-corrected chi connectivity index (χ4v) is 0.953. The number of halogens is 2. The number of benzene rings is 1. The highest BCUT2D eigenvalue weighted by Crippen LogP contribution is 2.19. The summed E-state index contributed by atoms with van der Waals surface area (Å²) >= 11 is 0. The Morgan fingerprint density at radius 2 is 2.00 bits per heavy atom. The Kier molecular flexibility index (Phi) is 2.76. The smallest absolute Gasteiger partial charge is 0.129 e. The summed E-state index contributed by atoms with van der Waals surface area (Å²) in [5.74, 6) is -0.888. The molecule has 0 fully saturated rings. The molecule has 0 aromatic heterocycles. The van der Waals surface area contributed by atoms with Crippen molar-refractivity contribution < 1.29 is 13.5 Å². The predicted molar refractivity (Wildman–Crippen MR) is 41.8 cm³/mol. The van der Waals surface area contributed by atoms with Crippen molar-refractivity contribution in [2.24, 2.45) is 0 Å². The Morgan fingerprint density at radius 3 is 2.58 bits per heavy atom. The van der Waals surface area contributed by atoms with Crippen LogP contribution in [0.4, 0.5) is 8.78 Å². The first-order chi connectivity index (χ1) is 5.65. The molecule has 0 aliphatic rings. The summed E-state index contributed by atoms with van der Waals surface area (Å²) in [5.41, 5.74) is 0.248. The number of rotatable bonds is 2. The van der Waals surface area contributed by atoms with Crippen molar-refractivity contribution >= 4 is 0 Å². The van der Waals surface area contributed by atoms with E-state index in [1.165, 1.54) is 7.11 Å². The van der Waals surface area contributed by atoms with Crippen molar-refractivity contribution in [3.8, 4) is 0 Å². The zero-order valence-corrected chi connectivity index (χ0v) is 6.97. The molecule has 0 radical (unpaired) electrons. The van der Waals surface area contributed by atoms with Crippen LogP contribution in [-0.2, 0) is 4.74 Å². The average Bonchev–Trinajstić information content (AvgIpc) is 2.08. The minimum absolute atomic E-state index is 0.248. The van der Waals surface area contributed by atoms with Crippen LogP contribution in [0.25, 0.3) is 0 Å². The highest BCUT2D eigenvalue weighted by molar-refractivity contribution is 5.20. The summed E-state index contributed by atoms with van der Waals surface area (Å²) in [6, 6.07) is 3.32. The summed E-state index contributed by atoms with van der Waals surface area (Å²) < 4.78 is 30.4. The van der Waals surface area contributed by atoms with Crippen LogP contribution >= 0.6 is 0 Å². The zero-order chi connectivity index (χ0) is 9.14. The van der Waals surface area contributed by atoms with E-state index in [2.05, 4.69) is 0 Å². The molecular formula is C9H10F2O. The van der Waals surface area contributed by atoms with Crippen LogP contribution < -0.4 is 0 Å². The first-order valence-electron chi connectivity index (χ1n) is 3.63. The molecule has 0 N–H and O–H groups in total. The highest BCUT2D eigenvalue weighted by Gasteiger charge is 2.10. The van der Waals surface area contributed by atoms with E-state index in [0.717, 1.165) is 18.2 Å². The fraction of sp³-hybridized carbons (Fsp3) is 0.333. The summed E-state index contributed by atoms with van der Waals surface area (Å²) in [4.78, 5) is 0. The van der Waals surface area contributed by atoms with E-state index in [1.54, 1.807) is 6.92 Å². The summed E-state index contributed by atoms with van der Waals surface area (Å²) in [6.07, 6.45) is -0.416. The van der Waals surface area contributed by atoms with E-state index < -0.39 is 17.7 Å². The van der Waals surface area contributed by atoms with Crippen molar-refractivity contribution in [3.05, 3.63) is 35.4 Å². The van der Waals surface area contributed by atoms with Gasteiger partial charge in [0.25, 0.3) is 0 Å². The molecule has 0 saturated heterocycles. The van der Waals surface area contributed by atoms with Gasteiger partial charge in [0.2, 0.25) is 0 Å². The molecular weight excluding hydrogens is 162 g/mol. The lowest BCUT2D eigenvalue weighted by Crippen LogP contribution is -1.99. The van der Waals surface area contributed by atoms with Crippen molar-refractivity contribution in [1.29, 1.82) is 0 Å². The Balaban J connectivity index is 3.04. The minimum atomic E-state index is -0.449. The Hall–Kier alpha value is -0.960. The van der Waals surface area contributed by atoms with E-state index in [9.17, 15) is 8.78 Å². The van der Waals surface area contributed by atoms with E-state index in [4.69, 9.17) is 4.74 Å². The Morgan fingerprint density at radius 1 is 1.33 bits per heavy atom. The van der Waals surface area contributed by atoms with Gasteiger partial charge in [-0.25, -0.2) is 8.78 Å². The molecule has 1 nitrogen and oxygen atoms in total. The second-order valence-corrected chi connectivity index (χ2v) is 2.54. The summed E-state index contributed by atoms with van der Waals surface area (Å²) in [6.45, 7) is 1.66. The SMILES string of the molecule is CO[C@H](C)c1cc(F)ccc1F. The average molecular weight is 172 g/mol. The topological polar surface area (TPSA) is 9.23 Å². The lowest BCUT2D eigenvalue weighted by Gasteiger charge is -2.10. The first-order valence-corrected chi connectivity index (χ1v) is 3.63. The normalized spacial score (nSPS) is 13.0. The second kappa shape index (κ2) is 3.63. The maximum absolute atomic E-state index is 13.0. The molecule has 1 rings (SSSR count). The van der Waals surface area contributed by atoms with Crippen molar-refractivity contribution in [2.75, 3.05) is 7.11 Å². The number of methoxy groups -OCH3 is 1. The van der Waals surface area contributed by atoms with Gasteiger partial charge >= 0.3 is 0 Å². The number of ether oxygens (including phenoxy) is 1. The lowest BCUT2D eigenvalue weighted by molar-refractivity contribution is 0.116. The second-order valence-electron chi connectivity index (χ2n) is 2.54. The first kappa shape index (κ1) is 9.13. The maximum atomic E-state index is 13.0. The third-order valence-corrected chi connectivity index (χ3v) is 1.75. The van der Waals surface area contributed by atoms with Gasteiger partial charge in [-0.2, -0.15) is 0 Å². The third-order valence-electron chi connectivity index (χ3n) is 1.75. The molecule has 12 heavy (non-hydrogen) atoms. The van der Waals surface area contributed by atoms with Crippen LogP contribution in [0.3, 0.4) is 0 Å². The van der Waals surface area contributed by atoms with Gasteiger partial charge in [-0.3, -0.25) is 0 Å². The van der Waals surface area contributed by atoms with Crippen molar-refractivity contribution in [2.45, 2.75) is 13.0 Å². The lowest BCUT2D eigenvalue weighted by atomic mass is 10.1. The molecule has 0 aliphatic heterocycles. The van der Waals surface area contributed by atoms with E-state index in [-0.39, 0.29) is 5.56 Å². The minimum Gasteiger partial charge on any atom is -0.377 e. The molecule has 66 valence electrons. The van der Waals surface area contributed by atoms with Crippen LogP contribution in [0.1, 0.15) is 18.6 Å². The van der Waals surface area contributed by atoms with Crippen LogP contribution in [0.15, 0.2) is 18.2 Å². The molecule has 0 heterocycles. The van der Waals surface area contributed by atoms with Crippen molar-refractivity contribution in [1.82, 2.24) is 0 Å². The van der Waals surface area contributed by atoms with Crippen LogP contribution in [0.5, 0.6) is 0 Å². The number of hydrogen-bond donors (Lipinski definition) is 0. The summed E-state index contributed by atoms with van der Waals surface area (Å²) in [7, 11) is 1.45. The third kappa shape index (κ3) is 1.80. The molecule has 3 heteroatoms. The molecule has 1 aromatic rings. The van der Waals surface area contributed by atoms with E-state index in [0.29, 0.717) is 0 Å². The maximum Gasteiger partial charge on any atom is 0.129 e. The van der Waals surface area contributed by atoms with Gasteiger partial charge in [0.15, 0.2) is 0 Å². The van der Waals surface area contributed by atoms with Gasteiger partial charge in [0, 0.05) is 12.7 Å². The quantitative estimate of drug-likeness (QED) is 0.666. The van der Waals surface area contributed by atoms with Gasteiger partial charge in [-0.1, -0.05) is 0 Å². The molecule has 0 bridgehead atoms. The van der Waals surface area contributed by atoms with Gasteiger partial charge in [-0.05, 0) is 25.1 Å². The zero-order valence-electron chi connectivity index (χ0n) is 6.97. The molecule has 0 saturated carbocycles. The highest BCUT2D eigenvalue weighted by atomic mass is 19.1. The monoisotopic (exact) mass is 172 g/mol. The van der Waals surface area contributed by atoms with Crippen LogP contribution in [-0.4, -0.2) is 7.11 Å². The molecule has 0 unspecified atom stereocenters. The Labute approximate surface area is 70.0 Å². The fourth-order valence-electron chi connectivity index (χ4n) is 0.953. The van der Waals surface area contributed by atoms with Gasteiger partial charge < -0.3 is 4.74 Å². The van der Waals surface area contributed by atoms with Gasteiger partial charge in [0.1, 0.15) is 11.6 Å². The Bertz CT molecular complexity index is 273. The molecule has 0 amide bonds. The molecule has 1 atom stereocenters. The van der Waals surface area contributed by atoms with Crippen molar-refractivity contribution in [3.63, 3.8) is 0 Å². The van der Waals surface area contributed by atoms with Crippen LogP contribution in [0.2, 0.25) is 0 Å². The van der Waals surface area contributed by atoms with E-state index >= 15 is 0 Å².